The highest BCUT2D eigenvalue weighted by Gasteiger charge is 2.10. The molecule has 1 aliphatic rings. The highest BCUT2D eigenvalue weighted by molar-refractivity contribution is 5.17. The van der Waals surface area contributed by atoms with E-state index in [0.717, 1.165) is 13.0 Å². The van der Waals surface area contributed by atoms with Crippen LogP contribution < -0.4 is 5.32 Å². The highest BCUT2D eigenvalue weighted by atomic mass is 14.8. The van der Waals surface area contributed by atoms with Crippen molar-refractivity contribution in [3.8, 4) is 0 Å². The van der Waals surface area contributed by atoms with Crippen LogP contribution in [0.1, 0.15) is 17.9 Å². The number of aromatic nitrogens is 1. The SMILES string of the molecule is C1=CNCC(c2cccnc2)C1. The third kappa shape index (κ3) is 1.47. The fourth-order valence-electron chi connectivity index (χ4n) is 1.48. The lowest BCUT2D eigenvalue weighted by Gasteiger charge is -2.18. The molecule has 0 saturated carbocycles. The van der Waals surface area contributed by atoms with Crippen molar-refractivity contribution in [2.75, 3.05) is 6.54 Å². The lowest BCUT2D eigenvalue weighted by atomic mass is 9.96. The molecule has 0 saturated heterocycles. The summed E-state index contributed by atoms with van der Waals surface area (Å²) in [5, 5.41) is 3.22. The maximum Gasteiger partial charge on any atom is 0.0303 e. The zero-order chi connectivity index (χ0) is 8.23. The summed E-state index contributed by atoms with van der Waals surface area (Å²) < 4.78 is 0. The smallest absolute Gasteiger partial charge is 0.0303 e. The Morgan fingerprint density at radius 1 is 1.50 bits per heavy atom. The first-order valence-electron chi connectivity index (χ1n) is 4.25. The predicted octanol–water partition coefficient (Wildman–Crippen LogP) is 1.67. The number of hydrogen-bond donors (Lipinski definition) is 1. The van der Waals surface area contributed by atoms with Crippen molar-refractivity contribution in [1.82, 2.24) is 10.3 Å². The van der Waals surface area contributed by atoms with Gasteiger partial charge in [-0.3, -0.25) is 4.98 Å². The van der Waals surface area contributed by atoms with Crippen molar-refractivity contribution in [2.45, 2.75) is 12.3 Å². The van der Waals surface area contributed by atoms with E-state index >= 15 is 0 Å². The number of rotatable bonds is 1. The number of allylic oxidation sites excluding steroid dienone is 1. The second-order valence-electron chi connectivity index (χ2n) is 3.03. The molecule has 1 N–H and O–H groups in total. The molecule has 1 atom stereocenters. The molecule has 0 aromatic carbocycles. The molecule has 0 radical (unpaired) electrons. The molecule has 0 fully saturated rings. The minimum Gasteiger partial charge on any atom is -0.391 e. The first-order valence-corrected chi connectivity index (χ1v) is 4.25. The lowest BCUT2D eigenvalue weighted by Crippen LogP contribution is -2.19. The summed E-state index contributed by atoms with van der Waals surface area (Å²) in [6.45, 7) is 1.03. The molecule has 0 spiro atoms. The van der Waals surface area contributed by atoms with Crippen LogP contribution in [-0.4, -0.2) is 11.5 Å². The average molecular weight is 160 g/mol. The van der Waals surface area contributed by atoms with Crippen LogP contribution in [0.5, 0.6) is 0 Å². The maximum atomic E-state index is 4.11. The van der Waals surface area contributed by atoms with Crippen LogP contribution in [-0.2, 0) is 0 Å². The summed E-state index contributed by atoms with van der Waals surface area (Å²) in [5.41, 5.74) is 1.33. The molecule has 1 unspecified atom stereocenters. The van der Waals surface area contributed by atoms with Gasteiger partial charge < -0.3 is 5.32 Å². The van der Waals surface area contributed by atoms with Gasteiger partial charge in [0, 0.05) is 24.9 Å². The van der Waals surface area contributed by atoms with Gasteiger partial charge in [-0.1, -0.05) is 12.1 Å². The van der Waals surface area contributed by atoms with E-state index in [4.69, 9.17) is 0 Å². The van der Waals surface area contributed by atoms with Crippen LogP contribution in [0.3, 0.4) is 0 Å². The minimum absolute atomic E-state index is 0.601. The molecule has 0 aliphatic carbocycles. The Labute approximate surface area is 72.3 Å². The third-order valence-corrected chi connectivity index (χ3v) is 2.18. The largest absolute Gasteiger partial charge is 0.391 e. The van der Waals surface area contributed by atoms with Crippen LogP contribution in [0.2, 0.25) is 0 Å². The van der Waals surface area contributed by atoms with E-state index in [1.54, 1.807) is 0 Å². The van der Waals surface area contributed by atoms with Crippen LogP contribution in [0.15, 0.2) is 36.8 Å². The molecule has 62 valence electrons. The zero-order valence-electron chi connectivity index (χ0n) is 6.90. The van der Waals surface area contributed by atoms with Gasteiger partial charge in [0.05, 0.1) is 0 Å². The van der Waals surface area contributed by atoms with Crippen molar-refractivity contribution < 1.29 is 0 Å². The molecule has 12 heavy (non-hydrogen) atoms. The molecule has 1 aliphatic heterocycles. The van der Waals surface area contributed by atoms with Crippen molar-refractivity contribution in [3.05, 3.63) is 42.4 Å². The molecule has 0 amide bonds. The van der Waals surface area contributed by atoms with E-state index in [9.17, 15) is 0 Å². The Morgan fingerprint density at radius 2 is 2.50 bits per heavy atom. The predicted molar refractivity (Wildman–Crippen MR) is 48.7 cm³/mol. The van der Waals surface area contributed by atoms with E-state index in [1.807, 2.05) is 24.7 Å². The van der Waals surface area contributed by atoms with Gasteiger partial charge in [0.25, 0.3) is 0 Å². The third-order valence-electron chi connectivity index (χ3n) is 2.18. The van der Waals surface area contributed by atoms with Gasteiger partial charge in [-0.25, -0.2) is 0 Å². The van der Waals surface area contributed by atoms with E-state index < -0.39 is 0 Å². The first-order chi connectivity index (χ1) is 5.97. The van der Waals surface area contributed by atoms with Gasteiger partial charge >= 0.3 is 0 Å². The topological polar surface area (TPSA) is 24.9 Å². The van der Waals surface area contributed by atoms with Crippen molar-refractivity contribution in [2.24, 2.45) is 0 Å². The van der Waals surface area contributed by atoms with Crippen LogP contribution in [0, 0.1) is 0 Å². The average Bonchev–Trinajstić information content (AvgIpc) is 2.21. The van der Waals surface area contributed by atoms with Gasteiger partial charge in [-0.15, -0.1) is 0 Å². The Kier molecular flexibility index (Phi) is 2.08. The van der Waals surface area contributed by atoms with E-state index in [1.165, 1.54) is 5.56 Å². The molecule has 0 bridgehead atoms. The lowest BCUT2D eigenvalue weighted by molar-refractivity contribution is 0.623. The first kappa shape index (κ1) is 7.35. The Morgan fingerprint density at radius 3 is 3.17 bits per heavy atom. The molecular formula is C10H12N2. The quantitative estimate of drug-likeness (QED) is 0.676. The second-order valence-corrected chi connectivity index (χ2v) is 3.03. The Hall–Kier alpha value is -1.31. The summed E-state index contributed by atoms with van der Waals surface area (Å²) in [7, 11) is 0. The molecule has 2 nitrogen and oxygen atoms in total. The molecule has 1 aromatic rings. The zero-order valence-corrected chi connectivity index (χ0v) is 6.90. The highest BCUT2D eigenvalue weighted by Crippen LogP contribution is 2.19. The minimum atomic E-state index is 0.601. The fraction of sp³-hybridized carbons (Fsp3) is 0.300. The second kappa shape index (κ2) is 3.39. The monoisotopic (exact) mass is 160 g/mol. The van der Waals surface area contributed by atoms with Crippen LogP contribution in [0.25, 0.3) is 0 Å². The molecule has 2 heteroatoms. The standard InChI is InChI=1S/C10H12N2/c1-3-9(7-11-5-1)10-4-2-6-12-8-10/h1-3,5-7,10,12H,4,8H2. The fourth-order valence-corrected chi connectivity index (χ4v) is 1.48. The summed E-state index contributed by atoms with van der Waals surface area (Å²) in [6, 6.07) is 4.13. The summed E-state index contributed by atoms with van der Waals surface area (Å²) in [6.07, 6.45) is 9.08. The normalized spacial score (nSPS) is 21.8. The van der Waals surface area contributed by atoms with Gasteiger partial charge in [0.1, 0.15) is 0 Å². The van der Waals surface area contributed by atoms with Crippen LogP contribution in [0.4, 0.5) is 0 Å². The van der Waals surface area contributed by atoms with Crippen molar-refractivity contribution >= 4 is 0 Å². The summed E-state index contributed by atoms with van der Waals surface area (Å²) >= 11 is 0. The van der Waals surface area contributed by atoms with Gasteiger partial charge in [0.15, 0.2) is 0 Å². The maximum absolute atomic E-state index is 4.11. The number of nitrogens with zero attached hydrogens (tertiary/aromatic N) is 1. The van der Waals surface area contributed by atoms with E-state index in [-0.39, 0.29) is 0 Å². The van der Waals surface area contributed by atoms with E-state index in [0.29, 0.717) is 5.92 Å². The van der Waals surface area contributed by atoms with Crippen LogP contribution >= 0.6 is 0 Å². The molecule has 2 rings (SSSR count). The Bertz CT molecular complexity index is 266. The molecule has 2 heterocycles. The van der Waals surface area contributed by atoms with E-state index in [2.05, 4.69) is 22.4 Å². The van der Waals surface area contributed by atoms with Gasteiger partial charge in [-0.05, 0) is 24.3 Å². The Balaban J connectivity index is 2.15. The van der Waals surface area contributed by atoms with Gasteiger partial charge in [0.2, 0.25) is 0 Å². The molecular weight excluding hydrogens is 148 g/mol. The number of pyridine rings is 1. The molecule has 1 aromatic heterocycles. The number of nitrogens with one attached hydrogen (secondary N) is 1. The van der Waals surface area contributed by atoms with Crippen molar-refractivity contribution in [1.29, 1.82) is 0 Å². The summed E-state index contributed by atoms with van der Waals surface area (Å²) in [5.74, 6) is 0.601. The number of hydrogen-bond acceptors (Lipinski definition) is 2. The van der Waals surface area contributed by atoms with Gasteiger partial charge in [-0.2, -0.15) is 0 Å². The summed E-state index contributed by atoms with van der Waals surface area (Å²) in [4.78, 5) is 4.11. The van der Waals surface area contributed by atoms with Crippen molar-refractivity contribution in [3.63, 3.8) is 0 Å².